The molecule has 0 radical (unpaired) electrons. The van der Waals surface area contributed by atoms with E-state index in [0.29, 0.717) is 6.54 Å². The summed E-state index contributed by atoms with van der Waals surface area (Å²) in [6.07, 6.45) is 5.49. The average molecular weight is 368 g/mol. The van der Waals surface area contributed by atoms with Gasteiger partial charge in [0.1, 0.15) is 0 Å². The maximum atomic E-state index is 12.4. The van der Waals surface area contributed by atoms with Gasteiger partial charge in [-0.25, -0.2) is 0 Å². The molecule has 2 heterocycles. The molecule has 0 unspecified atom stereocenters. The van der Waals surface area contributed by atoms with E-state index in [1.165, 1.54) is 0 Å². The lowest BCUT2D eigenvalue weighted by Crippen LogP contribution is -2.08. The van der Waals surface area contributed by atoms with Crippen LogP contribution in [0, 0.1) is 0 Å². The minimum Gasteiger partial charge on any atom is -0.380 e. The van der Waals surface area contributed by atoms with Gasteiger partial charge in [0, 0.05) is 29.6 Å². The molecule has 0 saturated heterocycles. The molecular formula is C18H14BrN3O. The fraction of sp³-hybridized carbons (Fsp3) is 0.0556. The summed E-state index contributed by atoms with van der Waals surface area (Å²) in [6, 6.07) is 12.1. The fourth-order valence-corrected chi connectivity index (χ4v) is 3.29. The highest BCUT2D eigenvalue weighted by atomic mass is 79.9. The lowest BCUT2D eigenvalue weighted by Gasteiger charge is -2.11. The molecule has 5 heteroatoms. The summed E-state index contributed by atoms with van der Waals surface area (Å²) in [6.45, 7) is 0.657. The molecule has 4 aromatic rings. The summed E-state index contributed by atoms with van der Waals surface area (Å²) < 4.78 is 0.966. The minimum atomic E-state index is -0.0610. The largest absolute Gasteiger partial charge is 0.380 e. The quantitative estimate of drug-likeness (QED) is 0.470. The summed E-state index contributed by atoms with van der Waals surface area (Å²) >= 11 is 3.49. The number of anilines is 1. The second kappa shape index (κ2) is 5.59. The number of aromatic amines is 2. The molecule has 0 saturated carbocycles. The molecule has 4 rings (SSSR count). The van der Waals surface area contributed by atoms with Gasteiger partial charge in [-0.2, -0.15) is 0 Å². The standard InChI is InChI=1S/C18H14BrN3O/c19-13-2-1-11-7-12(9-22-14-3-5-20-10-14)15-4-6-21-18(23)17(15)16(11)8-13/h1-8,10,20,22H,9H2,(H,21,23). The molecule has 3 N–H and O–H groups in total. The second-order valence-electron chi connectivity index (χ2n) is 5.45. The zero-order chi connectivity index (χ0) is 15.8. The van der Waals surface area contributed by atoms with Gasteiger partial charge in [-0.15, -0.1) is 0 Å². The van der Waals surface area contributed by atoms with E-state index in [4.69, 9.17) is 0 Å². The molecular weight excluding hydrogens is 354 g/mol. The smallest absolute Gasteiger partial charge is 0.256 e. The Morgan fingerprint density at radius 2 is 1.96 bits per heavy atom. The average Bonchev–Trinajstić information content (AvgIpc) is 3.06. The first-order chi connectivity index (χ1) is 11.2. The normalized spacial score (nSPS) is 11.2. The van der Waals surface area contributed by atoms with Crippen molar-refractivity contribution in [3.05, 3.63) is 75.4 Å². The van der Waals surface area contributed by atoms with Crippen LogP contribution < -0.4 is 10.9 Å². The predicted molar refractivity (Wildman–Crippen MR) is 97.9 cm³/mol. The first kappa shape index (κ1) is 14.1. The van der Waals surface area contributed by atoms with Gasteiger partial charge in [0.05, 0.1) is 11.1 Å². The SMILES string of the molecule is O=c1[nH]ccc2c(CNc3cc[nH]c3)cc3ccc(Br)cc3c12. The van der Waals surface area contributed by atoms with Crippen molar-refractivity contribution in [3.63, 3.8) is 0 Å². The lowest BCUT2D eigenvalue weighted by molar-refractivity contribution is 1.17. The van der Waals surface area contributed by atoms with Crippen LogP contribution >= 0.6 is 15.9 Å². The monoisotopic (exact) mass is 367 g/mol. The van der Waals surface area contributed by atoms with Gasteiger partial charge < -0.3 is 15.3 Å². The van der Waals surface area contributed by atoms with E-state index in [0.717, 1.165) is 37.3 Å². The van der Waals surface area contributed by atoms with Gasteiger partial charge in [0.25, 0.3) is 5.56 Å². The molecule has 0 atom stereocenters. The molecule has 0 bridgehead atoms. The van der Waals surface area contributed by atoms with E-state index in [-0.39, 0.29) is 5.56 Å². The van der Waals surface area contributed by atoms with Gasteiger partial charge in [0.15, 0.2) is 0 Å². The van der Waals surface area contributed by atoms with Gasteiger partial charge in [-0.05, 0) is 52.1 Å². The third-order valence-electron chi connectivity index (χ3n) is 4.00. The summed E-state index contributed by atoms with van der Waals surface area (Å²) in [4.78, 5) is 18.2. The van der Waals surface area contributed by atoms with Crippen LogP contribution in [0.2, 0.25) is 0 Å². The number of rotatable bonds is 3. The van der Waals surface area contributed by atoms with Crippen LogP contribution in [0.15, 0.2) is 64.3 Å². The number of H-pyrrole nitrogens is 2. The van der Waals surface area contributed by atoms with E-state index in [1.54, 1.807) is 6.20 Å². The van der Waals surface area contributed by atoms with Crippen molar-refractivity contribution >= 4 is 43.2 Å². The third-order valence-corrected chi connectivity index (χ3v) is 4.50. The maximum absolute atomic E-state index is 12.4. The van der Waals surface area contributed by atoms with Crippen molar-refractivity contribution in [2.24, 2.45) is 0 Å². The van der Waals surface area contributed by atoms with E-state index < -0.39 is 0 Å². The Morgan fingerprint density at radius 3 is 2.78 bits per heavy atom. The van der Waals surface area contributed by atoms with Crippen molar-refractivity contribution < 1.29 is 0 Å². The Morgan fingerprint density at radius 1 is 1.04 bits per heavy atom. The maximum Gasteiger partial charge on any atom is 0.256 e. The number of aromatic nitrogens is 2. The van der Waals surface area contributed by atoms with Gasteiger partial charge >= 0.3 is 0 Å². The molecule has 0 fully saturated rings. The van der Waals surface area contributed by atoms with Crippen LogP contribution in [0.5, 0.6) is 0 Å². The second-order valence-corrected chi connectivity index (χ2v) is 6.37. The first-order valence-electron chi connectivity index (χ1n) is 7.31. The number of hydrogen-bond donors (Lipinski definition) is 3. The number of fused-ring (bicyclic) bond motifs is 3. The van der Waals surface area contributed by atoms with Gasteiger partial charge in [-0.1, -0.05) is 22.0 Å². The molecule has 114 valence electrons. The van der Waals surface area contributed by atoms with Crippen molar-refractivity contribution in [2.45, 2.75) is 6.54 Å². The zero-order valence-electron chi connectivity index (χ0n) is 12.2. The first-order valence-corrected chi connectivity index (χ1v) is 8.11. The number of benzene rings is 2. The predicted octanol–water partition coefficient (Wildman–Crippen LogP) is 4.38. The molecule has 2 aromatic carbocycles. The van der Waals surface area contributed by atoms with E-state index in [1.807, 2.05) is 42.7 Å². The number of nitrogens with one attached hydrogen (secondary N) is 3. The molecule has 0 amide bonds. The molecule has 0 spiro atoms. The number of pyridine rings is 1. The van der Waals surface area contributed by atoms with Crippen LogP contribution in [0.25, 0.3) is 21.5 Å². The van der Waals surface area contributed by atoms with Gasteiger partial charge in [-0.3, -0.25) is 4.79 Å². The van der Waals surface area contributed by atoms with Crippen LogP contribution in [-0.2, 0) is 6.54 Å². The molecule has 23 heavy (non-hydrogen) atoms. The summed E-state index contributed by atoms with van der Waals surface area (Å²) in [5, 5.41) is 7.10. The molecule has 0 aliphatic carbocycles. The topological polar surface area (TPSA) is 60.7 Å². The van der Waals surface area contributed by atoms with Crippen LogP contribution in [0.3, 0.4) is 0 Å². The Labute approximate surface area is 140 Å². The summed E-state index contributed by atoms with van der Waals surface area (Å²) in [7, 11) is 0. The van der Waals surface area contributed by atoms with Crippen LogP contribution in [0.4, 0.5) is 5.69 Å². The van der Waals surface area contributed by atoms with Gasteiger partial charge in [0.2, 0.25) is 0 Å². The Kier molecular flexibility index (Phi) is 3.42. The van der Waals surface area contributed by atoms with Crippen LogP contribution in [0.1, 0.15) is 5.56 Å². The Hall–Kier alpha value is -2.53. The van der Waals surface area contributed by atoms with Crippen molar-refractivity contribution in [1.29, 1.82) is 0 Å². The number of hydrogen-bond acceptors (Lipinski definition) is 2. The third kappa shape index (κ3) is 2.53. The van der Waals surface area contributed by atoms with E-state index in [9.17, 15) is 4.79 Å². The summed E-state index contributed by atoms with van der Waals surface area (Å²) in [5.41, 5.74) is 2.06. The van der Waals surface area contributed by atoms with E-state index in [2.05, 4.69) is 37.3 Å². The van der Waals surface area contributed by atoms with Crippen molar-refractivity contribution in [3.8, 4) is 0 Å². The van der Waals surface area contributed by atoms with Crippen molar-refractivity contribution in [2.75, 3.05) is 5.32 Å². The molecule has 4 nitrogen and oxygen atoms in total. The van der Waals surface area contributed by atoms with Crippen LogP contribution in [-0.4, -0.2) is 9.97 Å². The molecule has 0 aliphatic rings. The molecule has 2 aromatic heterocycles. The lowest BCUT2D eigenvalue weighted by atomic mass is 9.98. The summed E-state index contributed by atoms with van der Waals surface area (Å²) in [5.74, 6) is 0. The zero-order valence-corrected chi connectivity index (χ0v) is 13.8. The Bertz CT molecular complexity index is 1050. The Balaban J connectivity index is 1.94. The molecule has 0 aliphatic heterocycles. The van der Waals surface area contributed by atoms with E-state index >= 15 is 0 Å². The van der Waals surface area contributed by atoms with Crippen molar-refractivity contribution in [1.82, 2.24) is 9.97 Å². The highest BCUT2D eigenvalue weighted by Gasteiger charge is 2.10. The number of halogens is 1. The minimum absolute atomic E-state index is 0.0610. The highest BCUT2D eigenvalue weighted by Crippen LogP contribution is 2.29. The fourth-order valence-electron chi connectivity index (χ4n) is 2.93. The highest BCUT2D eigenvalue weighted by molar-refractivity contribution is 9.10.